The summed E-state index contributed by atoms with van der Waals surface area (Å²) in [6.07, 6.45) is 0. The van der Waals surface area contributed by atoms with Gasteiger partial charge in [0, 0.05) is 26.7 Å². The molecule has 3 rings (SSSR count). The molecule has 0 radical (unpaired) electrons. The molecule has 0 bridgehead atoms. The third kappa shape index (κ3) is 3.65. The quantitative estimate of drug-likeness (QED) is 0.239. The standard InChI is InChI=1S/C19H12Cl4O5S/c20-10-5-6-18(25)13(7-10)19(29(26,27)28,11-3-1-2-4-17(11)24)12-8-15(22)16(23)9-14(12)21/h1-9,24-25H,(H,26,27,28). The Balaban J connectivity index is 2.66. The summed E-state index contributed by atoms with van der Waals surface area (Å²) in [5, 5.41) is 20.9. The summed E-state index contributed by atoms with van der Waals surface area (Å²) < 4.78 is 33.9. The van der Waals surface area contributed by atoms with E-state index in [-0.39, 0.29) is 36.8 Å². The molecule has 3 aromatic rings. The third-order valence-corrected chi connectivity index (χ3v) is 7.10. The van der Waals surface area contributed by atoms with E-state index in [0.29, 0.717) is 0 Å². The maximum atomic E-state index is 13.0. The molecule has 1 atom stereocenters. The van der Waals surface area contributed by atoms with Crippen LogP contribution in [0.4, 0.5) is 0 Å². The van der Waals surface area contributed by atoms with Crippen molar-refractivity contribution >= 4 is 56.5 Å². The Bertz CT molecular complexity index is 1210. The van der Waals surface area contributed by atoms with Crippen LogP contribution in [0.25, 0.3) is 0 Å². The lowest BCUT2D eigenvalue weighted by molar-refractivity contribution is 0.428. The van der Waals surface area contributed by atoms with Crippen molar-refractivity contribution < 1.29 is 23.2 Å². The van der Waals surface area contributed by atoms with Gasteiger partial charge in [-0.05, 0) is 36.4 Å². The highest BCUT2D eigenvalue weighted by Crippen LogP contribution is 2.52. The lowest BCUT2D eigenvalue weighted by Crippen LogP contribution is -2.38. The molecule has 0 aliphatic rings. The smallest absolute Gasteiger partial charge is 0.283 e. The van der Waals surface area contributed by atoms with Gasteiger partial charge < -0.3 is 10.2 Å². The van der Waals surface area contributed by atoms with Gasteiger partial charge in [-0.2, -0.15) is 8.42 Å². The van der Waals surface area contributed by atoms with Crippen molar-refractivity contribution in [2.24, 2.45) is 0 Å². The SMILES string of the molecule is O=S(=O)(O)C(c1ccccc1O)(c1cc(Cl)ccc1O)c1cc(Cl)c(Cl)cc1Cl. The number of phenols is 2. The Morgan fingerprint density at radius 1 is 0.690 bits per heavy atom. The van der Waals surface area contributed by atoms with Crippen LogP contribution in [0.3, 0.4) is 0 Å². The summed E-state index contributed by atoms with van der Waals surface area (Å²) >= 11 is 24.5. The first-order chi connectivity index (χ1) is 13.5. The molecule has 5 nitrogen and oxygen atoms in total. The van der Waals surface area contributed by atoms with E-state index in [9.17, 15) is 23.2 Å². The minimum Gasteiger partial charge on any atom is -0.508 e. The Kier molecular flexibility index (Phi) is 5.98. The van der Waals surface area contributed by atoms with Crippen molar-refractivity contribution in [3.05, 3.63) is 91.4 Å². The van der Waals surface area contributed by atoms with Gasteiger partial charge in [-0.1, -0.05) is 64.6 Å². The minimum atomic E-state index is -5.16. The van der Waals surface area contributed by atoms with Crippen LogP contribution in [0.5, 0.6) is 11.5 Å². The summed E-state index contributed by atoms with van der Waals surface area (Å²) in [6, 6.07) is 11.4. The summed E-state index contributed by atoms with van der Waals surface area (Å²) in [6.45, 7) is 0. The topological polar surface area (TPSA) is 94.8 Å². The number of hydrogen-bond donors (Lipinski definition) is 3. The lowest BCUT2D eigenvalue weighted by Gasteiger charge is -2.34. The summed E-state index contributed by atoms with van der Waals surface area (Å²) in [5.41, 5.74) is -0.857. The van der Waals surface area contributed by atoms with Gasteiger partial charge >= 0.3 is 0 Å². The molecule has 0 amide bonds. The molecule has 152 valence electrons. The van der Waals surface area contributed by atoms with Gasteiger partial charge in [0.05, 0.1) is 10.0 Å². The molecule has 3 N–H and O–H groups in total. The van der Waals surface area contributed by atoms with E-state index in [1.165, 1.54) is 36.4 Å². The second-order valence-electron chi connectivity index (χ2n) is 6.08. The molecule has 0 saturated carbocycles. The minimum absolute atomic E-state index is 0.0391. The van der Waals surface area contributed by atoms with Crippen molar-refractivity contribution in [3.8, 4) is 11.5 Å². The highest BCUT2D eigenvalue weighted by Gasteiger charge is 2.53. The van der Waals surface area contributed by atoms with Gasteiger partial charge in [0.25, 0.3) is 10.1 Å². The fourth-order valence-electron chi connectivity index (χ4n) is 3.21. The fraction of sp³-hybridized carbons (Fsp3) is 0.0526. The monoisotopic (exact) mass is 492 g/mol. The predicted octanol–water partition coefficient (Wildman–Crippen LogP) is 5.89. The average Bonchev–Trinajstić information content (AvgIpc) is 2.63. The number of hydrogen-bond acceptors (Lipinski definition) is 4. The molecule has 29 heavy (non-hydrogen) atoms. The zero-order valence-electron chi connectivity index (χ0n) is 14.3. The highest BCUT2D eigenvalue weighted by molar-refractivity contribution is 7.87. The van der Waals surface area contributed by atoms with Crippen molar-refractivity contribution in [2.45, 2.75) is 4.75 Å². The maximum Gasteiger partial charge on any atom is 0.283 e. The summed E-state index contributed by atoms with van der Waals surface area (Å²) in [5.74, 6) is -0.996. The van der Waals surface area contributed by atoms with Crippen LogP contribution < -0.4 is 0 Å². The van der Waals surface area contributed by atoms with Gasteiger partial charge in [0.1, 0.15) is 11.5 Å². The molecule has 1 unspecified atom stereocenters. The van der Waals surface area contributed by atoms with Gasteiger partial charge in [-0.15, -0.1) is 0 Å². The fourth-order valence-corrected chi connectivity index (χ4v) is 5.46. The first kappa shape index (κ1) is 22.0. The predicted molar refractivity (Wildman–Crippen MR) is 114 cm³/mol. The molecule has 0 aliphatic carbocycles. The normalized spacial score (nSPS) is 13.8. The van der Waals surface area contributed by atoms with E-state index < -0.39 is 26.4 Å². The van der Waals surface area contributed by atoms with Crippen LogP contribution in [-0.2, 0) is 14.9 Å². The molecule has 0 fully saturated rings. The second-order valence-corrected chi connectivity index (χ2v) is 9.30. The van der Waals surface area contributed by atoms with Gasteiger partial charge in [0.15, 0.2) is 4.75 Å². The maximum absolute atomic E-state index is 13.0. The molecule has 0 aromatic heterocycles. The Morgan fingerprint density at radius 3 is 1.90 bits per heavy atom. The largest absolute Gasteiger partial charge is 0.508 e. The molecule has 0 spiro atoms. The second kappa shape index (κ2) is 7.87. The third-order valence-electron chi connectivity index (χ3n) is 4.40. The average molecular weight is 494 g/mol. The van der Waals surface area contributed by atoms with Crippen LogP contribution in [-0.4, -0.2) is 23.2 Å². The number of para-hydroxylation sites is 1. The number of benzene rings is 3. The highest BCUT2D eigenvalue weighted by atomic mass is 35.5. The zero-order valence-corrected chi connectivity index (χ0v) is 18.1. The van der Waals surface area contributed by atoms with E-state index in [1.54, 1.807) is 0 Å². The van der Waals surface area contributed by atoms with E-state index >= 15 is 0 Å². The van der Waals surface area contributed by atoms with Crippen LogP contribution >= 0.6 is 46.4 Å². The van der Waals surface area contributed by atoms with E-state index in [0.717, 1.165) is 18.2 Å². The van der Waals surface area contributed by atoms with Crippen LogP contribution in [0.1, 0.15) is 16.7 Å². The van der Waals surface area contributed by atoms with Crippen LogP contribution in [0, 0.1) is 0 Å². The summed E-state index contributed by atoms with van der Waals surface area (Å²) in [4.78, 5) is 0. The van der Waals surface area contributed by atoms with E-state index in [1.807, 2.05) is 0 Å². The zero-order chi connectivity index (χ0) is 21.6. The lowest BCUT2D eigenvalue weighted by atomic mass is 9.83. The molecule has 0 aliphatic heterocycles. The van der Waals surface area contributed by atoms with Crippen molar-refractivity contribution in [2.75, 3.05) is 0 Å². The Labute approximate surface area is 186 Å². The van der Waals surface area contributed by atoms with Gasteiger partial charge in [-0.3, -0.25) is 4.55 Å². The summed E-state index contributed by atoms with van der Waals surface area (Å²) in [7, 11) is -5.16. The molecule has 0 saturated heterocycles. The Morgan fingerprint density at radius 2 is 1.28 bits per heavy atom. The van der Waals surface area contributed by atoms with E-state index in [4.69, 9.17) is 46.4 Å². The first-order valence-electron chi connectivity index (χ1n) is 7.89. The van der Waals surface area contributed by atoms with Crippen LogP contribution in [0.15, 0.2) is 54.6 Å². The van der Waals surface area contributed by atoms with Gasteiger partial charge in [-0.25, -0.2) is 0 Å². The van der Waals surface area contributed by atoms with E-state index in [2.05, 4.69) is 0 Å². The molecule has 10 heteroatoms. The molecular weight excluding hydrogens is 482 g/mol. The number of halogens is 4. The molecule has 3 aromatic carbocycles. The number of aromatic hydroxyl groups is 2. The van der Waals surface area contributed by atoms with Crippen molar-refractivity contribution in [1.29, 1.82) is 0 Å². The molecule has 0 heterocycles. The van der Waals surface area contributed by atoms with Crippen LogP contribution in [0.2, 0.25) is 20.1 Å². The van der Waals surface area contributed by atoms with Gasteiger partial charge in [0.2, 0.25) is 0 Å². The van der Waals surface area contributed by atoms with Crippen molar-refractivity contribution in [3.63, 3.8) is 0 Å². The van der Waals surface area contributed by atoms with Crippen molar-refractivity contribution in [1.82, 2.24) is 0 Å². The number of phenolic OH excluding ortho intramolecular Hbond substituents is 2. The molecular formula is C19H12Cl4O5S. The first-order valence-corrected chi connectivity index (χ1v) is 10.8. The Hall–Kier alpha value is -1.67. The number of rotatable bonds is 4.